The van der Waals surface area contributed by atoms with Gasteiger partial charge in [-0.1, -0.05) is 6.07 Å². The number of imidazole rings is 1. The standard InChI is InChI=1S/C21H21F4N7O4/c1-11-16(18(35)28-21(9-33,10-34)19(29-26)30-31-20(24)25)32-7-3-6-15(17(32)27-11)36-8-12-13(22)4-2-5-14(12)23/h2-7,20,33-34H,8-10,26H2,1H3,(H,28,35). The molecular weight excluding hydrogens is 490 g/mol. The van der Waals surface area contributed by atoms with Crippen molar-refractivity contribution in [3.63, 3.8) is 0 Å². The number of azo groups is 1. The van der Waals surface area contributed by atoms with E-state index in [2.05, 4.69) is 25.6 Å². The smallest absolute Gasteiger partial charge is 0.348 e. The number of nitrogens with one attached hydrogen (secondary N) is 1. The third kappa shape index (κ3) is 5.26. The zero-order valence-corrected chi connectivity index (χ0v) is 18.7. The van der Waals surface area contributed by atoms with E-state index in [1.54, 1.807) is 0 Å². The second-order valence-electron chi connectivity index (χ2n) is 7.40. The van der Waals surface area contributed by atoms with Gasteiger partial charge in [0.2, 0.25) is 0 Å². The molecule has 0 saturated heterocycles. The molecule has 1 aromatic carbocycles. The molecule has 3 rings (SSSR count). The Labute approximate surface area is 200 Å². The summed E-state index contributed by atoms with van der Waals surface area (Å²) in [6.07, 6.45) is 1.44. The molecule has 0 unspecified atom stereocenters. The fraction of sp³-hybridized carbons (Fsp3) is 0.286. The highest BCUT2D eigenvalue weighted by Gasteiger charge is 2.39. The molecule has 0 spiro atoms. The maximum absolute atomic E-state index is 14.0. The number of halogens is 4. The summed E-state index contributed by atoms with van der Waals surface area (Å²) in [5.41, 5.74) is -2.30. The molecule has 0 fully saturated rings. The molecule has 11 nitrogen and oxygen atoms in total. The summed E-state index contributed by atoms with van der Waals surface area (Å²) in [4.78, 5) is 17.4. The Bertz CT molecular complexity index is 1290. The molecule has 0 aliphatic carbocycles. The minimum atomic E-state index is -3.23. The number of nitrogens with two attached hydrogens (primary N) is 1. The van der Waals surface area contributed by atoms with Crippen LogP contribution in [-0.2, 0) is 6.61 Å². The van der Waals surface area contributed by atoms with Crippen LogP contribution < -0.4 is 15.9 Å². The van der Waals surface area contributed by atoms with Crippen LogP contribution in [0.3, 0.4) is 0 Å². The lowest BCUT2D eigenvalue weighted by molar-refractivity contribution is 0.0809. The number of hydrogen-bond acceptors (Lipinski definition) is 8. The number of benzene rings is 1. The van der Waals surface area contributed by atoms with Gasteiger partial charge in [-0.25, -0.2) is 13.8 Å². The quantitative estimate of drug-likeness (QED) is 0.0653. The molecule has 0 bridgehead atoms. The van der Waals surface area contributed by atoms with Crippen molar-refractivity contribution in [1.82, 2.24) is 14.7 Å². The normalized spacial score (nSPS) is 12.6. The summed E-state index contributed by atoms with van der Waals surface area (Å²) in [6.45, 7) is -4.27. The highest BCUT2D eigenvalue weighted by molar-refractivity contribution is 6.01. The second-order valence-corrected chi connectivity index (χ2v) is 7.40. The topological polar surface area (TPSA) is 159 Å². The number of carbonyl (C=O) groups excluding carboxylic acids is 1. The fourth-order valence-electron chi connectivity index (χ4n) is 3.31. The van der Waals surface area contributed by atoms with Crippen LogP contribution in [0.15, 0.2) is 51.9 Å². The van der Waals surface area contributed by atoms with Gasteiger partial charge in [0.05, 0.1) is 24.5 Å². The zero-order valence-electron chi connectivity index (χ0n) is 18.7. The Morgan fingerprint density at radius 3 is 2.47 bits per heavy atom. The van der Waals surface area contributed by atoms with E-state index in [0.717, 1.165) is 12.1 Å². The van der Waals surface area contributed by atoms with Gasteiger partial charge in [0.25, 0.3) is 5.91 Å². The maximum Gasteiger partial charge on any atom is 0.348 e. The number of aliphatic hydroxyl groups excluding tert-OH is 2. The average molecular weight is 511 g/mol. The molecule has 0 atom stereocenters. The molecule has 2 heterocycles. The monoisotopic (exact) mass is 511 g/mol. The van der Waals surface area contributed by atoms with E-state index in [1.165, 1.54) is 35.7 Å². The third-order valence-electron chi connectivity index (χ3n) is 5.12. The van der Waals surface area contributed by atoms with Crippen LogP contribution in [0.2, 0.25) is 0 Å². The molecule has 0 radical (unpaired) electrons. The number of alkyl halides is 2. The van der Waals surface area contributed by atoms with E-state index in [4.69, 9.17) is 10.6 Å². The van der Waals surface area contributed by atoms with E-state index in [-0.39, 0.29) is 28.3 Å². The summed E-state index contributed by atoms with van der Waals surface area (Å²) in [5.74, 6) is 1.97. The van der Waals surface area contributed by atoms with E-state index < -0.39 is 55.3 Å². The van der Waals surface area contributed by atoms with Crippen molar-refractivity contribution in [2.75, 3.05) is 13.2 Å². The number of nitrogens with zero attached hydrogens (tertiary/aromatic N) is 5. The van der Waals surface area contributed by atoms with Crippen LogP contribution in [0.1, 0.15) is 21.7 Å². The van der Waals surface area contributed by atoms with Crippen LogP contribution in [-0.4, -0.2) is 56.6 Å². The first-order valence-electron chi connectivity index (χ1n) is 10.2. The number of aliphatic hydroxyl groups is 2. The number of amides is 1. The number of pyridine rings is 1. The minimum Gasteiger partial charge on any atom is -0.485 e. The maximum atomic E-state index is 14.0. The van der Waals surface area contributed by atoms with Crippen molar-refractivity contribution in [2.24, 2.45) is 21.2 Å². The first-order valence-corrected chi connectivity index (χ1v) is 10.2. The van der Waals surface area contributed by atoms with Gasteiger partial charge in [-0.05, 0) is 31.2 Å². The molecular formula is C21H21F4N7O4. The summed E-state index contributed by atoms with van der Waals surface area (Å²) >= 11 is 0. The zero-order chi connectivity index (χ0) is 26.5. The number of carbonyl (C=O) groups is 1. The van der Waals surface area contributed by atoms with Gasteiger partial charge in [0.1, 0.15) is 23.9 Å². The Kier molecular flexibility index (Phi) is 8.16. The van der Waals surface area contributed by atoms with E-state index in [0.29, 0.717) is 0 Å². The number of rotatable bonds is 9. The predicted molar refractivity (Wildman–Crippen MR) is 117 cm³/mol. The highest BCUT2D eigenvalue weighted by atomic mass is 19.3. The Balaban J connectivity index is 1.95. The highest BCUT2D eigenvalue weighted by Crippen LogP contribution is 2.25. The van der Waals surface area contributed by atoms with Crippen molar-refractivity contribution in [1.29, 1.82) is 0 Å². The molecule has 2 aromatic heterocycles. The molecule has 192 valence electrons. The van der Waals surface area contributed by atoms with E-state index in [1.807, 2.05) is 0 Å². The second kappa shape index (κ2) is 11.1. The summed E-state index contributed by atoms with van der Waals surface area (Å²) in [5, 5.41) is 30.8. The van der Waals surface area contributed by atoms with Crippen molar-refractivity contribution in [2.45, 2.75) is 25.6 Å². The largest absolute Gasteiger partial charge is 0.485 e. The molecule has 5 N–H and O–H groups in total. The third-order valence-corrected chi connectivity index (χ3v) is 5.12. The molecule has 1 amide bonds. The Hall–Kier alpha value is -4.11. The van der Waals surface area contributed by atoms with Gasteiger partial charge in [0, 0.05) is 6.20 Å². The first kappa shape index (κ1) is 26.5. The van der Waals surface area contributed by atoms with Gasteiger partial charge in [0.15, 0.2) is 22.8 Å². The van der Waals surface area contributed by atoms with Crippen LogP contribution in [0.4, 0.5) is 17.6 Å². The molecule has 36 heavy (non-hydrogen) atoms. The summed E-state index contributed by atoms with van der Waals surface area (Å²) in [6, 6.07) is 6.33. The van der Waals surface area contributed by atoms with Gasteiger partial charge in [-0.2, -0.15) is 13.9 Å². The SMILES string of the molecule is Cc1nc2c(OCc3c(F)cccc3F)cccn2c1C(=O)NC(CO)(CO)C(N=NC(F)F)=NN. The number of hydrogen-bond donors (Lipinski definition) is 4. The van der Waals surface area contributed by atoms with Gasteiger partial charge in [-0.15, -0.1) is 10.2 Å². The van der Waals surface area contributed by atoms with E-state index in [9.17, 15) is 32.6 Å². The molecule has 0 saturated carbocycles. The van der Waals surface area contributed by atoms with Crippen LogP contribution in [0.25, 0.3) is 5.65 Å². The van der Waals surface area contributed by atoms with Crippen LogP contribution >= 0.6 is 0 Å². The molecule has 15 heteroatoms. The van der Waals surface area contributed by atoms with Crippen LogP contribution in [0.5, 0.6) is 5.75 Å². The number of hydrazone groups is 1. The number of ether oxygens (including phenoxy) is 1. The average Bonchev–Trinajstić information content (AvgIpc) is 3.19. The van der Waals surface area contributed by atoms with Crippen molar-refractivity contribution in [3.05, 3.63) is 65.1 Å². The van der Waals surface area contributed by atoms with Crippen molar-refractivity contribution < 1.29 is 37.3 Å². The Morgan fingerprint density at radius 2 is 1.89 bits per heavy atom. The number of fused-ring (bicyclic) bond motifs is 1. The lowest BCUT2D eigenvalue weighted by Gasteiger charge is -2.29. The predicted octanol–water partition coefficient (Wildman–Crippen LogP) is 1.90. The van der Waals surface area contributed by atoms with Gasteiger partial charge in [-0.3, -0.25) is 9.20 Å². The number of aromatic nitrogens is 2. The molecule has 3 aromatic rings. The van der Waals surface area contributed by atoms with Crippen LogP contribution in [0, 0.1) is 18.6 Å². The van der Waals surface area contributed by atoms with Crippen molar-refractivity contribution in [3.8, 4) is 5.75 Å². The fourth-order valence-corrected chi connectivity index (χ4v) is 3.31. The Morgan fingerprint density at radius 1 is 1.22 bits per heavy atom. The van der Waals surface area contributed by atoms with Crippen molar-refractivity contribution >= 4 is 17.4 Å². The van der Waals surface area contributed by atoms with Gasteiger partial charge < -0.3 is 26.1 Å². The van der Waals surface area contributed by atoms with Gasteiger partial charge >= 0.3 is 6.55 Å². The molecule has 0 aliphatic heterocycles. The summed E-state index contributed by atoms with van der Waals surface area (Å²) in [7, 11) is 0. The molecule has 0 aliphatic rings. The number of amidine groups is 1. The van der Waals surface area contributed by atoms with E-state index >= 15 is 0 Å². The lowest BCUT2D eigenvalue weighted by Crippen LogP contribution is -2.60. The summed E-state index contributed by atoms with van der Waals surface area (Å²) < 4.78 is 59.7. The first-order chi connectivity index (χ1) is 17.2. The minimum absolute atomic E-state index is 0.0906. The lowest BCUT2D eigenvalue weighted by atomic mass is 10.00. The number of aryl methyl sites for hydroxylation is 1.